The molecule has 2 N–H and O–H groups in total. The molecule has 4 nitrogen and oxygen atoms in total. The first-order valence-electron chi connectivity index (χ1n) is 7.09. The Kier molecular flexibility index (Phi) is 4.40. The van der Waals surface area contributed by atoms with E-state index in [4.69, 9.17) is 5.73 Å². The molecule has 1 aromatic rings. The van der Waals surface area contributed by atoms with Gasteiger partial charge in [0.05, 0.1) is 12.0 Å². The van der Waals surface area contributed by atoms with Crippen LogP contribution in [-0.4, -0.2) is 33.6 Å². The lowest BCUT2D eigenvalue weighted by molar-refractivity contribution is 0.233. The molecule has 0 radical (unpaired) electrons. The van der Waals surface area contributed by atoms with Gasteiger partial charge in [-0.25, -0.2) is 4.98 Å². The van der Waals surface area contributed by atoms with Gasteiger partial charge in [-0.1, -0.05) is 13.8 Å². The fourth-order valence-corrected chi connectivity index (χ4v) is 2.69. The molecule has 1 aliphatic rings. The van der Waals surface area contributed by atoms with Crippen molar-refractivity contribution < 1.29 is 0 Å². The Hall–Kier alpha value is -0.870. The van der Waals surface area contributed by atoms with Crippen molar-refractivity contribution in [2.45, 2.75) is 52.2 Å². The molecule has 1 fully saturated rings. The number of likely N-dealkylation sites (tertiary alicyclic amines) is 1. The van der Waals surface area contributed by atoms with E-state index in [0.29, 0.717) is 12.0 Å². The first-order chi connectivity index (χ1) is 8.59. The summed E-state index contributed by atoms with van der Waals surface area (Å²) in [6.45, 7) is 10.1. The number of nitrogens with two attached hydrogens (primary N) is 1. The monoisotopic (exact) mass is 250 g/mol. The number of hydrogen-bond donors (Lipinski definition) is 1. The average molecular weight is 250 g/mol. The number of rotatable bonds is 5. The Morgan fingerprint density at radius 1 is 1.28 bits per heavy atom. The van der Waals surface area contributed by atoms with Crippen LogP contribution in [0.5, 0.6) is 0 Å². The van der Waals surface area contributed by atoms with Crippen LogP contribution in [0.1, 0.15) is 45.3 Å². The van der Waals surface area contributed by atoms with Crippen molar-refractivity contribution in [3.63, 3.8) is 0 Å². The smallest absolute Gasteiger partial charge is 0.0949 e. The largest absolute Gasteiger partial charge is 0.332 e. The maximum Gasteiger partial charge on any atom is 0.0949 e. The second-order valence-electron chi connectivity index (χ2n) is 5.83. The van der Waals surface area contributed by atoms with E-state index in [1.165, 1.54) is 25.9 Å². The van der Waals surface area contributed by atoms with E-state index in [1.54, 1.807) is 0 Å². The van der Waals surface area contributed by atoms with Gasteiger partial charge in [-0.2, -0.15) is 0 Å². The van der Waals surface area contributed by atoms with Gasteiger partial charge in [-0.05, 0) is 38.8 Å². The molecule has 1 aromatic heterocycles. The third kappa shape index (κ3) is 2.93. The summed E-state index contributed by atoms with van der Waals surface area (Å²) >= 11 is 0. The molecule has 0 bridgehead atoms. The summed E-state index contributed by atoms with van der Waals surface area (Å²) in [5, 5.41) is 0. The molecule has 102 valence electrons. The molecule has 0 saturated carbocycles. The van der Waals surface area contributed by atoms with Gasteiger partial charge in [0.15, 0.2) is 0 Å². The number of nitrogens with zero attached hydrogens (tertiary/aromatic N) is 3. The van der Waals surface area contributed by atoms with E-state index in [-0.39, 0.29) is 6.04 Å². The minimum absolute atomic E-state index is 0.0817. The maximum absolute atomic E-state index is 6.24. The highest BCUT2D eigenvalue weighted by atomic mass is 15.2. The highest BCUT2D eigenvalue weighted by Crippen LogP contribution is 2.20. The summed E-state index contributed by atoms with van der Waals surface area (Å²) < 4.78 is 2.23. The van der Waals surface area contributed by atoms with Crippen LogP contribution in [0.2, 0.25) is 0 Å². The van der Waals surface area contributed by atoms with Gasteiger partial charge in [0.25, 0.3) is 0 Å². The van der Waals surface area contributed by atoms with E-state index in [1.807, 2.05) is 12.5 Å². The average Bonchev–Trinajstić information content (AvgIpc) is 2.98. The third-order valence-electron chi connectivity index (χ3n) is 4.03. The summed E-state index contributed by atoms with van der Waals surface area (Å²) in [7, 11) is 0. The minimum atomic E-state index is 0.0817. The molecule has 0 aromatic carbocycles. The van der Waals surface area contributed by atoms with E-state index < -0.39 is 0 Å². The second-order valence-corrected chi connectivity index (χ2v) is 5.83. The van der Waals surface area contributed by atoms with Gasteiger partial charge in [0.2, 0.25) is 0 Å². The van der Waals surface area contributed by atoms with Crippen molar-refractivity contribution in [2.75, 3.05) is 13.1 Å². The highest BCUT2D eigenvalue weighted by Gasteiger charge is 2.21. The van der Waals surface area contributed by atoms with Crippen molar-refractivity contribution in [3.8, 4) is 0 Å². The van der Waals surface area contributed by atoms with Crippen molar-refractivity contribution in [1.29, 1.82) is 0 Å². The van der Waals surface area contributed by atoms with E-state index in [0.717, 1.165) is 12.2 Å². The molecular formula is C14H26N4. The van der Waals surface area contributed by atoms with Gasteiger partial charge < -0.3 is 10.3 Å². The molecule has 0 amide bonds. The van der Waals surface area contributed by atoms with Gasteiger partial charge in [-0.3, -0.25) is 4.90 Å². The number of aromatic nitrogens is 2. The Morgan fingerprint density at radius 3 is 2.56 bits per heavy atom. The topological polar surface area (TPSA) is 47.1 Å². The van der Waals surface area contributed by atoms with Crippen LogP contribution in [0.3, 0.4) is 0 Å². The van der Waals surface area contributed by atoms with Gasteiger partial charge in [0, 0.05) is 24.8 Å². The summed E-state index contributed by atoms with van der Waals surface area (Å²) in [4.78, 5) is 6.83. The molecule has 2 rings (SSSR count). The van der Waals surface area contributed by atoms with Crippen LogP contribution in [0.15, 0.2) is 12.5 Å². The predicted octanol–water partition coefficient (Wildman–Crippen LogP) is 2.02. The maximum atomic E-state index is 6.24. The standard InChI is InChI=1S/C14H26N4/c1-11(2)14(15)13-8-16-10-18(13)9-12(3)17-6-4-5-7-17/h8,10-12,14H,4-7,9,15H2,1-3H3. The molecule has 2 unspecified atom stereocenters. The predicted molar refractivity (Wildman–Crippen MR) is 74.3 cm³/mol. The number of hydrogen-bond acceptors (Lipinski definition) is 3. The van der Waals surface area contributed by atoms with Crippen molar-refractivity contribution in [2.24, 2.45) is 11.7 Å². The number of imidazole rings is 1. The van der Waals surface area contributed by atoms with Crippen molar-refractivity contribution in [3.05, 3.63) is 18.2 Å². The van der Waals surface area contributed by atoms with Gasteiger partial charge in [-0.15, -0.1) is 0 Å². The normalized spacial score (nSPS) is 20.5. The molecule has 1 aliphatic heterocycles. The molecular weight excluding hydrogens is 224 g/mol. The first kappa shape index (κ1) is 13.6. The van der Waals surface area contributed by atoms with Crippen LogP contribution in [-0.2, 0) is 6.54 Å². The van der Waals surface area contributed by atoms with Gasteiger partial charge in [0.1, 0.15) is 0 Å². The minimum Gasteiger partial charge on any atom is -0.332 e. The van der Waals surface area contributed by atoms with Crippen LogP contribution in [0.4, 0.5) is 0 Å². The lowest BCUT2D eigenvalue weighted by Gasteiger charge is -2.26. The molecule has 1 saturated heterocycles. The van der Waals surface area contributed by atoms with Crippen LogP contribution in [0, 0.1) is 5.92 Å². The fourth-order valence-electron chi connectivity index (χ4n) is 2.69. The molecule has 0 spiro atoms. The summed E-state index contributed by atoms with van der Waals surface area (Å²) in [5.74, 6) is 0.447. The summed E-state index contributed by atoms with van der Waals surface area (Å²) in [6.07, 6.45) is 6.52. The van der Waals surface area contributed by atoms with Crippen LogP contribution in [0.25, 0.3) is 0 Å². The van der Waals surface area contributed by atoms with Crippen LogP contribution < -0.4 is 5.73 Å². The van der Waals surface area contributed by atoms with E-state index in [9.17, 15) is 0 Å². The SMILES string of the molecule is CC(C)C(N)c1cncn1CC(C)N1CCCC1. The molecule has 18 heavy (non-hydrogen) atoms. The summed E-state index contributed by atoms with van der Waals surface area (Å²) in [6, 6.07) is 0.651. The zero-order valence-corrected chi connectivity index (χ0v) is 11.8. The van der Waals surface area contributed by atoms with E-state index >= 15 is 0 Å². The zero-order chi connectivity index (χ0) is 13.1. The van der Waals surface area contributed by atoms with Crippen LogP contribution >= 0.6 is 0 Å². The Bertz CT molecular complexity index is 366. The molecule has 4 heteroatoms. The van der Waals surface area contributed by atoms with Crippen molar-refractivity contribution >= 4 is 0 Å². The second kappa shape index (κ2) is 5.85. The first-order valence-corrected chi connectivity index (χ1v) is 7.09. The van der Waals surface area contributed by atoms with Gasteiger partial charge >= 0.3 is 0 Å². The van der Waals surface area contributed by atoms with E-state index in [2.05, 4.69) is 35.2 Å². The Morgan fingerprint density at radius 2 is 1.94 bits per heavy atom. The fraction of sp³-hybridized carbons (Fsp3) is 0.786. The third-order valence-corrected chi connectivity index (χ3v) is 4.03. The molecule has 0 aliphatic carbocycles. The Balaban J connectivity index is 2.02. The molecule has 2 heterocycles. The lowest BCUT2D eigenvalue weighted by atomic mass is 10.0. The molecule has 2 atom stereocenters. The van der Waals surface area contributed by atoms with Crippen molar-refractivity contribution in [1.82, 2.24) is 14.5 Å². The highest BCUT2D eigenvalue weighted by molar-refractivity contribution is 5.06. The Labute approximate surface area is 110 Å². The zero-order valence-electron chi connectivity index (χ0n) is 11.8. The quantitative estimate of drug-likeness (QED) is 0.869. The summed E-state index contributed by atoms with van der Waals surface area (Å²) in [5.41, 5.74) is 7.40. The lowest BCUT2D eigenvalue weighted by Crippen LogP contribution is -2.34.